The van der Waals surface area contributed by atoms with E-state index in [0.29, 0.717) is 16.9 Å². The monoisotopic (exact) mass is 297 g/mol. The Morgan fingerprint density at radius 1 is 1.29 bits per heavy atom. The molecule has 0 amide bonds. The van der Waals surface area contributed by atoms with Crippen LogP contribution in [0.25, 0.3) is 22.4 Å². The van der Waals surface area contributed by atoms with Crippen LogP contribution < -0.4 is 5.56 Å². The Kier molecular flexibility index (Phi) is 3.75. The Labute approximate surface area is 126 Å². The molecule has 5 heteroatoms. The molecule has 2 heterocycles. The molecule has 1 aromatic carbocycles. The van der Waals surface area contributed by atoms with E-state index in [9.17, 15) is 4.79 Å². The number of aromatic amines is 1. The molecule has 0 atom stereocenters. The maximum Gasteiger partial charge on any atom is 0.277 e. The van der Waals surface area contributed by atoms with Crippen LogP contribution in [0, 0.1) is 6.92 Å². The maximum absolute atomic E-state index is 12.2. The van der Waals surface area contributed by atoms with E-state index in [-0.39, 0.29) is 5.56 Å². The number of fused-ring (bicyclic) bond motifs is 1. The average molecular weight is 297 g/mol. The van der Waals surface area contributed by atoms with Crippen molar-refractivity contribution >= 4 is 22.8 Å². The number of thioether (sulfide) groups is 1. The number of benzene rings is 1. The second-order valence-corrected chi connectivity index (χ2v) is 6.03. The molecule has 0 unspecified atom stereocenters. The molecule has 0 aliphatic carbocycles. The van der Waals surface area contributed by atoms with E-state index in [1.54, 1.807) is 18.0 Å². The number of H-pyrrole nitrogens is 1. The molecule has 1 N–H and O–H groups in total. The van der Waals surface area contributed by atoms with Gasteiger partial charge in [0, 0.05) is 16.7 Å². The first-order valence-electron chi connectivity index (χ1n) is 6.78. The minimum atomic E-state index is -0.202. The van der Waals surface area contributed by atoms with Gasteiger partial charge in [0.1, 0.15) is 5.82 Å². The molecule has 0 spiro atoms. The van der Waals surface area contributed by atoms with Crippen LogP contribution in [-0.2, 0) is 0 Å². The summed E-state index contributed by atoms with van der Waals surface area (Å²) in [4.78, 5) is 24.9. The molecular formula is C16H15N3OS. The Morgan fingerprint density at radius 3 is 2.90 bits per heavy atom. The highest BCUT2D eigenvalue weighted by Crippen LogP contribution is 2.29. The summed E-state index contributed by atoms with van der Waals surface area (Å²) in [6.07, 6.45) is 1.68. The van der Waals surface area contributed by atoms with Gasteiger partial charge in [0.15, 0.2) is 5.52 Å². The van der Waals surface area contributed by atoms with Crippen LogP contribution in [0.3, 0.4) is 0 Å². The zero-order chi connectivity index (χ0) is 14.8. The van der Waals surface area contributed by atoms with Crippen LogP contribution >= 0.6 is 11.8 Å². The molecule has 4 nitrogen and oxygen atoms in total. The molecule has 3 rings (SSSR count). The topological polar surface area (TPSA) is 58.6 Å². The van der Waals surface area contributed by atoms with Gasteiger partial charge in [-0.3, -0.25) is 4.79 Å². The van der Waals surface area contributed by atoms with Crippen molar-refractivity contribution in [2.75, 3.05) is 5.75 Å². The van der Waals surface area contributed by atoms with Crippen molar-refractivity contribution in [3.8, 4) is 11.4 Å². The Hall–Kier alpha value is -2.14. The highest BCUT2D eigenvalue weighted by Gasteiger charge is 2.10. The number of rotatable bonds is 3. The van der Waals surface area contributed by atoms with Gasteiger partial charge in [-0.15, -0.1) is 11.8 Å². The highest BCUT2D eigenvalue weighted by molar-refractivity contribution is 7.99. The quantitative estimate of drug-likeness (QED) is 0.753. The lowest BCUT2D eigenvalue weighted by Gasteiger charge is -2.08. The Balaban J connectivity index is 2.24. The molecule has 0 bridgehead atoms. The normalized spacial score (nSPS) is 11.0. The highest BCUT2D eigenvalue weighted by atomic mass is 32.2. The number of aryl methyl sites for hydroxylation is 1. The van der Waals surface area contributed by atoms with Crippen LogP contribution in [-0.4, -0.2) is 20.7 Å². The predicted octanol–water partition coefficient (Wildman–Crippen LogP) is 3.41. The number of hydrogen-bond donors (Lipinski definition) is 1. The number of aromatic nitrogens is 3. The number of pyridine rings is 1. The summed E-state index contributed by atoms with van der Waals surface area (Å²) in [5, 5.41) is 0. The van der Waals surface area contributed by atoms with E-state index >= 15 is 0 Å². The fourth-order valence-corrected chi connectivity index (χ4v) is 3.01. The molecule has 0 saturated heterocycles. The van der Waals surface area contributed by atoms with E-state index in [0.717, 1.165) is 21.8 Å². The standard InChI is InChI=1S/C16H15N3OS/c1-3-21-13-7-5-4-6-11(13)15-18-12-8-10(2)9-17-14(12)16(20)19-15/h4-9H,3H2,1-2H3,(H,18,19,20). The summed E-state index contributed by atoms with van der Waals surface area (Å²) >= 11 is 1.73. The fourth-order valence-electron chi connectivity index (χ4n) is 2.20. The largest absolute Gasteiger partial charge is 0.305 e. The van der Waals surface area contributed by atoms with Gasteiger partial charge in [0.2, 0.25) is 0 Å². The molecule has 0 aliphatic rings. The first kappa shape index (κ1) is 13.8. The smallest absolute Gasteiger partial charge is 0.277 e. The van der Waals surface area contributed by atoms with Crippen LogP contribution in [0.5, 0.6) is 0 Å². The molecule has 0 radical (unpaired) electrons. The minimum absolute atomic E-state index is 0.202. The van der Waals surface area contributed by atoms with E-state index in [1.807, 2.05) is 37.3 Å². The second-order valence-electron chi connectivity index (χ2n) is 4.72. The summed E-state index contributed by atoms with van der Waals surface area (Å²) in [5.74, 6) is 1.56. The SMILES string of the molecule is CCSc1ccccc1-c1nc2cc(C)cnc2c(=O)[nH]1. The van der Waals surface area contributed by atoms with Gasteiger partial charge < -0.3 is 4.98 Å². The molecule has 3 aromatic rings. The van der Waals surface area contributed by atoms with Crippen molar-refractivity contribution in [3.05, 3.63) is 52.4 Å². The van der Waals surface area contributed by atoms with Crippen molar-refractivity contribution in [1.82, 2.24) is 15.0 Å². The van der Waals surface area contributed by atoms with Gasteiger partial charge >= 0.3 is 0 Å². The van der Waals surface area contributed by atoms with Crippen molar-refractivity contribution in [1.29, 1.82) is 0 Å². The number of hydrogen-bond acceptors (Lipinski definition) is 4. The van der Waals surface area contributed by atoms with E-state index in [2.05, 4.69) is 21.9 Å². The van der Waals surface area contributed by atoms with Crippen LogP contribution in [0.2, 0.25) is 0 Å². The van der Waals surface area contributed by atoms with Crippen molar-refractivity contribution in [3.63, 3.8) is 0 Å². The Bertz CT molecular complexity index is 858. The van der Waals surface area contributed by atoms with Crippen LogP contribution in [0.4, 0.5) is 0 Å². The van der Waals surface area contributed by atoms with Crippen molar-refractivity contribution < 1.29 is 0 Å². The van der Waals surface area contributed by atoms with Gasteiger partial charge in [-0.1, -0.05) is 25.1 Å². The lowest BCUT2D eigenvalue weighted by atomic mass is 10.2. The third-order valence-electron chi connectivity index (χ3n) is 3.13. The van der Waals surface area contributed by atoms with Crippen LogP contribution in [0.15, 0.2) is 46.2 Å². The first-order valence-corrected chi connectivity index (χ1v) is 7.76. The third kappa shape index (κ3) is 2.69. The zero-order valence-corrected chi connectivity index (χ0v) is 12.7. The Morgan fingerprint density at radius 2 is 2.10 bits per heavy atom. The summed E-state index contributed by atoms with van der Waals surface area (Å²) in [5.41, 5.74) is 2.74. The molecule has 106 valence electrons. The lowest BCUT2D eigenvalue weighted by Crippen LogP contribution is -2.11. The van der Waals surface area contributed by atoms with Gasteiger partial charge in [-0.2, -0.15) is 0 Å². The van der Waals surface area contributed by atoms with Gasteiger partial charge in [-0.05, 0) is 30.4 Å². The van der Waals surface area contributed by atoms with E-state index in [4.69, 9.17) is 0 Å². The van der Waals surface area contributed by atoms with Crippen molar-refractivity contribution in [2.24, 2.45) is 0 Å². The molecule has 0 fully saturated rings. The average Bonchev–Trinajstić information content (AvgIpc) is 2.47. The summed E-state index contributed by atoms with van der Waals surface area (Å²) < 4.78 is 0. The number of nitrogens with one attached hydrogen (secondary N) is 1. The lowest BCUT2D eigenvalue weighted by molar-refractivity contribution is 1.14. The van der Waals surface area contributed by atoms with E-state index in [1.165, 1.54) is 0 Å². The minimum Gasteiger partial charge on any atom is -0.305 e. The van der Waals surface area contributed by atoms with Gasteiger partial charge in [0.25, 0.3) is 5.56 Å². The van der Waals surface area contributed by atoms with E-state index < -0.39 is 0 Å². The second kappa shape index (κ2) is 5.69. The van der Waals surface area contributed by atoms with Gasteiger partial charge in [0.05, 0.1) is 5.52 Å². The summed E-state index contributed by atoms with van der Waals surface area (Å²) in [6, 6.07) is 9.85. The molecule has 0 saturated carbocycles. The fraction of sp³-hybridized carbons (Fsp3) is 0.188. The molecular weight excluding hydrogens is 282 g/mol. The zero-order valence-electron chi connectivity index (χ0n) is 11.9. The molecule has 21 heavy (non-hydrogen) atoms. The van der Waals surface area contributed by atoms with Gasteiger partial charge in [-0.25, -0.2) is 9.97 Å². The number of nitrogens with zero attached hydrogens (tertiary/aromatic N) is 2. The third-order valence-corrected chi connectivity index (χ3v) is 4.08. The first-order chi connectivity index (χ1) is 10.2. The predicted molar refractivity (Wildman–Crippen MR) is 86.7 cm³/mol. The van der Waals surface area contributed by atoms with Crippen molar-refractivity contribution in [2.45, 2.75) is 18.7 Å². The summed E-state index contributed by atoms with van der Waals surface area (Å²) in [7, 11) is 0. The van der Waals surface area contributed by atoms with Crippen LogP contribution in [0.1, 0.15) is 12.5 Å². The molecule has 0 aliphatic heterocycles. The maximum atomic E-state index is 12.2. The molecule has 2 aromatic heterocycles. The summed E-state index contributed by atoms with van der Waals surface area (Å²) in [6.45, 7) is 4.04.